The van der Waals surface area contributed by atoms with Crippen LogP contribution in [-0.4, -0.2) is 20.1 Å². The van der Waals surface area contributed by atoms with Crippen LogP contribution in [0.15, 0.2) is 42.7 Å². The number of hydrogen-bond donors (Lipinski definition) is 3. The minimum absolute atomic E-state index is 0.00331. The third-order valence-electron chi connectivity index (χ3n) is 3.63. The van der Waals surface area contributed by atoms with Gasteiger partial charge in [-0.3, -0.25) is 0 Å². The van der Waals surface area contributed by atoms with Gasteiger partial charge >= 0.3 is 0 Å². The summed E-state index contributed by atoms with van der Waals surface area (Å²) in [6.07, 6.45) is 3.23. The van der Waals surface area contributed by atoms with Gasteiger partial charge in [-0.1, -0.05) is 0 Å². The molecule has 0 bridgehead atoms. The van der Waals surface area contributed by atoms with Crippen LogP contribution in [0.3, 0.4) is 0 Å². The standard InChI is InChI=1S/C16H11FN4O/c17-9-1-2-14(22)10(4-9)8-3-12-11-5-15(18)19-7-13(11)21-16(12)20-6-8/h1-7,22H,(H2,18,19)(H,20,21). The number of halogens is 1. The van der Waals surface area contributed by atoms with Crippen LogP contribution in [0.5, 0.6) is 5.75 Å². The second-order valence-electron chi connectivity index (χ2n) is 5.06. The fourth-order valence-electron chi connectivity index (χ4n) is 2.58. The number of aromatic amines is 1. The van der Waals surface area contributed by atoms with E-state index in [9.17, 15) is 9.50 Å². The van der Waals surface area contributed by atoms with Crippen molar-refractivity contribution in [3.8, 4) is 16.9 Å². The van der Waals surface area contributed by atoms with Crippen LogP contribution in [0, 0.1) is 5.82 Å². The first-order valence-electron chi connectivity index (χ1n) is 6.63. The van der Waals surface area contributed by atoms with Crippen molar-refractivity contribution in [1.82, 2.24) is 15.0 Å². The summed E-state index contributed by atoms with van der Waals surface area (Å²) >= 11 is 0. The molecular formula is C16H11FN4O. The summed E-state index contributed by atoms with van der Waals surface area (Å²) in [5, 5.41) is 11.7. The number of nitrogens with one attached hydrogen (secondary N) is 1. The zero-order valence-electron chi connectivity index (χ0n) is 11.3. The van der Waals surface area contributed by atoms with Crippen LogP contribution in [0.4, 0.5) is 10.2 Å². The Hall–Kier alpha value is -3.15. The molecule has 0 amide bonds. The van der Waals surface area contributed by atoms with Gasteiger partial charge in [0, 0.05) is 28.1 Å². The average Bonchev–Trinajstić information content (AvgIpc) is 2.87. The zero-order valence-corrected chi connectivity index (χ0v) is 11.3. The number of aromatic hydroxyl groups is 1. The monoisotopic (exact) mass is 294 g/mol. The number of anilines is 1. The summed E-state index contributed by atoms with van der Waals surface area (Å²) < 4.78 is 13.4. The molecule has 0 aliphatic rings. The van der Waals surface area contributed by atoms with E-state index in [1.807, 2.05) is 6.07 Å². The SMILES string of the molecule is Nc1cc2c(cn1)[nH]c1ncc(-c3cc(F)ccc3O)cc12. The van der Waals surface area contributed by atoms with Crippen LogP contribution < -0.4 is 5.73 Å². The number of phenols is 1. The molecule has 0 radical (unpaired) electrons. The van der Waals surface area contributed by atoms with Gasteiger partial charge in [0.2, 0.25) is 0 Å². The van der Waals surface area contributed by atoms with E-state index in [0.29, 0.717) is 22.6 Å². The van der Waals surface area contributed by atoms with E-state index in [-0.39, 0.29) is 5.75 Å². The van der Waals surface area contributed by atoms with Crippen molar-refractivity contribution < 1.29 is 9.50 Å². The fraction of sp³-hybridized carbons (Fsp3) is 0. The number of benzene rings is 1. The maximum absolute atomic E-state index is 13.4. The van der Waals surface area contributed by atoms with E-state index in [0.717, 1.165) is 16.3 Å². The Kier molecular flexibility index (Phi) is 2.53. The highest BCUT2D eigenvalue weighted by Gasteiger charge is 2.11. The van der Waals surface area contributed by atoms with E-state index in [4.69, 9.17) is 5.73 Å². The molecule has 6 heteroatoms. The Labute approximate surface area is 124 Å². The highest BCUT2D eigenvalue weighted by Crippen LogP contribution is 2.33. The summed E-state index contributed by atoms with van der Waals surface area (Å²) in [5.41, 5.74) is 8.25. The molecule has 0 aliphatic carbocycles. The lowest BCUT2D eigenvalue weighted by molar-refractivity contribution is 0.475. The van der Waals surface area contributed by atoms with E-state index in [1.54, 1.807) is 18.5 Å². The van der Waals surface area contributed by atoms with E-state index in [1.165, 1.54) is 18.2 Å². The first-order chi connectivity index (χ1) is 10.6. The molecule has 5 nitrogen and oxygen atoms in total. The summed E-state index contributed by atoms with van der Waals surface area (Å²) in [4.78, 5) is 11.5. The normalized spacial score (nSPS) is 11.3. The lowest BCUT2D eigenvalue weighted by Crippen LogP contribution is -1.87. The molecule has 0 unspecified atom stereocenters. The van der Waals surface area contributed by atoms with Crippen molar-refractivity contribution in [1.29, 1.82) is 0 Å². The number of nitrogens with two attached hydrogens (primary N) is 1. The Balaban J connectivity index is 2.02. The van der Waals surface area contributed by atoms with Gasteiger partial charge in [-0.15, -0.1) is 0 Å². The fourth-order valence-corrected chi connectivity index (χ4v) is 2.58. The predicted octanol–water partition coefficient (Wildman–Crippen LogP) is 3.21. The molecule has 22 heavy (non-hydrogen) atoms. The van der Waals surface area contributed by atoms with Gasteiger partial charge in [0.15, 0.2) is 0 Å². The van der Waals surface area contributed by atoms with Gasteiger partial charge in [-0.25, -0.2) is 14.4 Å². The number of nitrogen functional groups attached to an aromatic ring is 1. The highest BCUT2D eigenvalue weighted by molar-refractivity contribution is 6.07. The molecule has 3 aromatic heterocycles. The molecule has 0 fully saturated rings. The maximum atomic E-state index is 13.4. The Morgan fingerprint density at radius 1 is 1.05 bits per heavy atom. The second-order valence-corrected chi connectivity index (χ2v) is 5.06. The van der Waals surface area contributed by atoms with Gasteiger partial charge in [-0.05, 0) is 30.3 Å². The lowest BCUT2D eigenvalue weighted by Gasteiger charge is -2.05. The zero-order chi connectivity index (χ0) is 15.3. The molecule has 4 aromatic rings. The average molecular weight is 294 g/mol. The number of H-pyrrole nitrogens is 1. The van der Waals surface area contributed by atoms with E-state index >= 15 is 0 Å². The van der Waals surface area contributed by atoms with Gasteiger partial charge in [0.25, 0.3) is 0 Å². The van der Waals surface area contributed by atoms with Gasteiger partial charge < -0.3 is 15.8 Å². The van der Waals surface area contributed by atoms with Gasteiger partial charge in [-0.2, -0.15) is 0 Å². The second kappa shape index (κ2) is 4.42. The number of nitrogens with zero attached hydrogens (tertiary/aromatic N) is 2. The molecular weight excluding hydrogens is 283 g/mol. The topological polar surface area (TPSA) is 87.8 Å². The molecule has 0 saturated heterocycles. The summed E-state index contributed by atoms with van der Waals surface area (Å²) in [6, 6.07) is 7.41. The first kappa shape index (κ1) is 12.6. The molecule has 0 atom stereocenters. The Bertz CT molecular complexity index is 1030. The number of phenolic OH excluding ortho intramolecular Hbond substituents is 1. The van der Waals surface area contributed by atoms with Crippen molar-refractivity contribution in [3.05, 3.63) is 48.5 Å². The minimum Gasteiger partial charge on any atom is -0.507 e. The molecule has 0 saturated carbocycles. The number of fused-ring (bicyclic) bond motifs is 3. The molecule has 1 aromatic carbocycles. The number of hydrogen-bond acceptors (Lipinski definition) is 4. The Morgan fingerprint density at radius 2 is 1.91 bits per heavy atom. The molecule has 3 heterocycles. The smallest absolute Gasteiger partial charge is 0.138 e. The predicted molar refractivity (Wildman–Crippen MR) is 82.9 cm³/mol. The van der Waals surface area contributed by atoms with Crippen molar-refractivity contribution in [2.75, 3.05) is 5.73 Å². The lowest BCUT2D eigenvalue weighted by atomic mass is 10.0. The molecule has 0 aliphatic heterocycles. The third-order valence-corrected chi connectivity index (χ3v) is 3.63. The number of aromatic nitrogens is 3. The minimum atomic E-state index is -0.416. The van der Waals surface area contributed by atoms with Gasteiger partial charge in [0.1, 0.15) is 23.0 Å². The van der Waals surface area contributed by atoms with Crippen LogP contribution in [0.1, 0.15) is 0 Å². The third kappa shape index (κ3) is 1.85. The quantitative estimate of drug-likeness (QED) is 0.503. The summed E-state index contributed by atoms with van der Waals surface area (Å²) in [7, 11) is 0. The number of rotatable bonds is 1. The van der Waals surface area contributed by atoms with E-state index < -0.39 is 5.82 Å². The van der Waals surface area contributed by atoms with Crippen molar-refractivity contribution >= 4 is 27.8 Å². The van der Waals surface area contributed by atoms with Crippen LogP contribution in [0.2, 0.25) is 0 Å². The van der Waals surface area contributed by atoms with Crippen molar-refractivity contribution in [2.45, 2.75) is 0 Å². The van der Waals surface area contributed by atoms with Crippen LogP contribution in [-0.2, 0) is 0 Å². The highest BCUT2D eigenvalue weighted by atomic mass is 19.1. The molecule has 0 spiro atoms. The number of pyridine rings is 2. The first-order valence-corrected chi connectivity index (χ1v) is 6.63. The summed E-state index contributed by atoms with van der Waals surface area (Å²) in [5.74, 6) is -0.00348. The largest absolute Gasteiger partial charge is 0.507 e. The van der Waals surface area contributed by atoms with Crippen LogP contribution in [0.25, 0.3) is 33.1 Å². The van der Waals surface area contributed by atoms with Gasteiger partial charge in [0.05, 0.1) is 11.7 Å². The van der Waals surface area contributed by atoms with Crippen molar-refractivity contribution in [3.63, 3.8) is 0 Å². The molecule has 4 rings (SSSR count). The molecule has 4 N–H and O–H groups in total. The molecule has 108 valence electrons. The summed E-state index contributed by atoms with van der Waals surface area (Å²) in [6.45, 7) is 0. The van der Waals surface area contributed by atoms with E-state index in [2.05, 4.69) is 15.0 Å². The maximum Gasteiger partial charge on any atom is 0.138 e. The van der Waals surface area contributed by atoms with Crippen molar-refractivity contribution in [2.24, 2.45) is 0 Å². The van der Waals surface area contributed by atoms with Crippen LogP contribution >= 0.6 is 0 Å². The Morgan fingerprint density at radius 3 is 2.77 bits per heavy atom.